The van der Waals surface area contributed by atoms with Crippen molar-refractivity contribution in [2.24, 2.45) is 0 Å². The predicted octanol–water partition coefficient (Wildman–Crippen LogP) is 1.52. The number of rotatable bonds is 6. The molecule has 2 N–H and O–H groups in total. The fourth-order valence-corrected chi connectivity index (χ4v) is 3.01. The summed E-state index contributed by atoms with van der Waals surface area (Å²) in [6.45, 7) is 7.77. The Labute approximate surface area is 93.0 Å². The van der Waals surface area contributed by atoms with Crippen molar-refractivity contribution in [1.29, 1.82) is 0 Å². The lowest BCUT2D eigenvalue weighted by molar-refractivity contribution is -0.119. The molecule has 2 amide bonds. The molecule has 0 saturated heterocycles. The van der Waals surface area contributed by atoms with E-state index in [0.717, 1.165) is 12.8 Å². The maximum atomic E-state index is 11.4. The van der Waals surface area contributed by atoms with E-state index in [2.05, 4.69) is 9.96 Å². The molecule has 0 radical (unpaired) electrons. The molecule has 0 aromatic heterocycles. The number of hydrogen-bond acceptors (Lipinski definition) is 2. The summed E-state index contributed by atoms with van der Waals surface area (Å²) < 4.78 is 0. The van der Waals surface area contributed by atoms with Crippen LogP contribution in [-0.2, 0) is 9.59 Å². The van der Waals surface area contributed by atoms with Gasteiger partial charge in [-0.15, -0.1) is 0 Å². The lowest BCUT2D eigenvalue weighted by Crippen LogP contribution is -2.61. The van der Waals surface area contributed by atoms with E-state index in [1.165, 1.54) is 0 Å². The maximum absolute atomic E-state index is 11.4. The number of amides is 2. The molecule has 5 heteroatoms. The standard InChI is InChI=1S/C10H22N2O2Si/c1-5-7-9(13)11-15(3,4)12-10(14)8-6-2/h5-8H2,1-4H3,(H,11,13)(H,12,14). The SMILES string of the molecule is CCCC(=O)N[Si](C)(C)NC(=O)CCC. The first-order chi connectivity index (χ1) is 6.91. The molecule has 0 rings (SSSR count). The van der Waals surface area contributed by atoms with E-state index in [-0.39, 0.29) is 11.8 Å². The van der Waals surface area contributed by atoms with Crippen molar-refractivity contribution in [1.82, 2.24) is 9.96 Å². The molecule has 0 atom stereocenters. The zero-order valence-electron chi connectivity index (χ0n) is 10.1. The van der Waals surface area contributed by atoms with Crippen LogP contribution in [0.4, 0.5) is 0 Å². The molecule has 4 nitrogen and oxygen atoms in total. The fraction of sp³-hybridized carbons (Fsp3) is 0.800. The van der Waals surface area contributed by atoms with E-state index in [0.29, 0.717) is 12.8 Å². The van der Waals surface area contributed by atoms with Gasteiger partial charge in [0.25, 0.3) is 8.40 Å². The highest BCUT2D eigenvalue weighted by molar-refractivity contribution is 6.76. The largest absolute Gasteiger partial charge is 0.365 e. The molecule has 0 spiro atoms. The van der Waals surface area contributed by atoms with E-state index in [1.807, 2.05) is 26.9 Å². The second-order valence-corrected chi connectivity index (χ2v) is 7.97. The minimum absolute atomic E-state index is 0.0333. The molecule has 0 aliphatic heterocycles. The van der Waals surface area contributed by atoms with Crippen LogP contribution in [0.15, 0.2) is 0 Å². The van der Waals surface area contributed by atoms with Crippen LogP contribution in [-0.4, -0.2) is 20.2 Å². The minimum atomic E-state index is -2.10. The van der Waals surface area contributed by atoms with E-state index < -0.39 is 8.40 Å². The molecule has 0 aliphatic carbocycles. The van der Waals surface area contributed by atoms with Gasteiger partial charge < -0.3 is 9.96 Å². The smallest absolute Gasteiger partial charge is 0.257 e. The van der Waals surface area contributed by atoms with Gasteiger partial charge in [0.05, 0.1) is 0 Å². The molecule has 0 heterocycles. The molecule has 0 bridgehead atoms. The van der Waals surface area contributed by atoms with Gasteiger partial charge in [-0.1, -0.05) is 13.8 Å². The van der Waals surface area contributed by atoms with E-state index in [4.69, 9.17) is 0 Å². The first-order valence-electron chi connectivity index (χ1n) is 5.53. The van der Waals surface area contributed by atoms with Crippen LogP contribution in [0.2, 0.25) is 13.1 Å². The highest BCUT2D eigenvalue weighted by atomic mass is 28.3. The van der Waals surface area contributed by atoms with Gasteiger partial charge in [-0.05, 0) is 25.9 Å². The van der Waals surface area contributed by atoms with Gasteiger partial charge in [-0.3, -0.25) is 9.59 Å². The summed E-state index contributed by atoms with van der Waals surface area (Å²) in [5.41, 5.74) is 0. The highest BCUT2D eigenvalue weighted by Gasteiger charge is 2.25. The summed E-state index contributed by atoms with van der Waals surface area (Å²) in [6, 6.07) is 0. The molecular weight excluding hydrogens is 208 g/mol. The summed E-state index contributed by atoms with van der Waals surface area (Å²) in [5.74, 6) is 0.0666. The van der Waals surface area contributed by atoms with Crippen LogP contribution < -0.4 is 9.96 Å². The van der Waals surface area contributed by atoms with Gasteiger partial charge in [0.2, 0.25) is 11.8 Å². The Balaban J connectivity index is 4.05. The van der Waals surface area contributed by atoms with Gasteiger partial charge in [-0.25, -0.2) is 0 Å². The summed E-state index contributed by atoms with van der Waals surface area (Å²) >= 11 is 0. The van der Waals surface area contributed by atoms with Crippen molar-refractivity contribution in [3.63, 3.8) is 0 Å². The molecule has 0 aliphatic rings. The lowest BCUT2D eigenvalue weighted by atomic mass is 10.3. The number of carbonyl (C=O) groups is 2. The predicted molar refractivity (Wildman–Crippen MR) is 63.6 cm³/mol. The lowest BCUT2D eigenvalue weighted by Gasteiger charge is -2.24. The normalized spacial score (nSPS) is 10.9. The first-order valence-corrected chi connectivity index (χ1v) is 8.53. The van der Waals surface area contributed by atoms with Crippen molar-refractivity contribution >= 4 is 20.2 Å². The Hall–Kier alpha value is -0.843. The average molecular weight is 230 g/mol. The quantitative estimate of drug-likeness (QED) is 0.680. The van der Waals surface area contributed by atoms with Crippen molar-refractivity contribution in [2.45, 2.75) is 52.6 Å². The summed E-state index contributed by atoms with van der Waals surface area (Å²) in [6.07, 6.45) is 2.72. The van der Waals surface area contributed by atoms with Gasteiger partial charge in [0, 0.05) is 12.8 Å². The Morgan fingerprint density at radius 1 is 0.933 bits per heavy atom. The third kappa shape index (κ3) is 7.13. The third-order valence-electron chi connectivity index (χ3n) is 1.86. The van der Waals surface area contributed by atoms with Crippen LogP contribution in [0.25, 0.3) is 0 Å². The number of hydrogen-bond donors (Lipinski definition) is 2. The third-order valence-corrected chi connectivity index (χ3v) is 3.67. The molecule has 0 aromatic carbocycles. The highest BCUT2D eigenvalue weighted by Crippen LogP contribution is 1.97. The second-order valence-electron chi connectivity index (χ2n) is 4.22. The van der Waals surface area contributed by atoms with Crippen molar-refractivity contribution < 1.29 is 9.59 Å². The number of nitrogens with one attached hydrogen (secondary N) is 2. The Morgan fingerprint density at radius 3 is 1.53 bits per heavy atom. The monoisotopic (exact) mass is 230 g/mol. The summed E-state index contributed by atoms with van der Waals surface area (Å²) in [7, 11) is -2.10. The van der Waals surface area contributed by atoms with E-state index >= 15 is 0 Å². The molecule has 0 saturated carbocycles. The molecule has 15 heavy (non-hydrogen) atoms. The van der Waals surface area contributed by atoms with Crippen molar-refractivity contribution in [3.8, 4) is 0 Å². The first kappa shape index (κ1) is 14.2. The van der Waals surface area contributed by atoms with Gasteiger partial charge in [0.1, 0.15) is 0 Å². The molecular formula is C10H22N2O2Si. The van der Waals surface area contributed by atoms with Crippen LogP contribution in [0.3, 0.4) is 0 Å². The van der Waals surface area contributed by atoms with Gasteiger partial charge in [0.15, 0.2) is 0 Å². The van der Waals surface area contributed by atoms with Gasteiger partial charge in [-0.2, -0.15) is 0 Å². The molecule has 88 valence electrons. The zero-order chi connectivity index (χ0) is 11.9. The van der Waals surface area contributed by atoms with E-state index in [1.54, 1.807) is 0 Å². The van der Waals surface area contributed by atoms with Gasteiger partial charge >= 0.3 is 0 Å². The van der Waals surface area contributed by atoms with Crippen molar-refractivity contribution in [3.05, 3.63) is 0 Å². The maximum Gasteiger partial charge on any atom is 0.257 e. The van der Waals surface area contributed by atoms with Crippen LogP contribution in [0.5, 0.6) is 0 Å². The second kappa shape index (κ2) is 6.61. The topological polar surface area (TPSA) is 58.2 Å². The molecule has 0 fully saturated rings. The Morgan fingerprint density at radius 2 is 1.27 bits per heavy atom. The molecule has 0 unspecified atom stereocenters. The van der Waals surface area contributed by atoms with Crippen LogP contribution in [0.1, 0.15) is 39.5 Å². The van der Waals surface area contributed by atoms with Crippen LogP contribution >= 0.6 is 0 Å². The zero-order valence-corrected chi connectivity index (χ0v) is 11.1. The molecule has 0 aromatic rings. The summed E-state index contributed by atoms with van der Waals surface area (Å²) in [5, 5.41) is 0. The van der Waals surface area contributed by atoms with Crippen LogP contribution in [0, 0.1) is 0 Å². The summed E-state index contributed by atoms with van der Waals surface area (Å²) in [4.78, 5) is 28.6. The van der Waals surface area contributed by atoms with Crippen molar-refractivity contribution in [2.75, 3.05) is 0 Å². The van der Waals surface area contributed by atoms with E-state index in [9.17, 15) is 9.59 Å². The minimum Gasteiger partial charge on any atom is -0.365 e. The fourth-order valence-electron chi connectivity index (χ4n) is 1.31. The Kier molecular flexibility index (Phi) is 6.23. The number of carbonyl (C=O) groups excluding carboxylic acids is 2. The Bertz CT molecular complexity index is 207. The average Bonchev–Trinajstić information content (AvgIpc) is 2.01.